The molecule has 0 aliphatic carbocycles. The van der Waals surface area contributed by atoms with Gasteiger partial charge in [-0.05, 0) is 67.1 Å². The summed E-state index contributed by atoms with van der Waals surface area (Å²) < 4.78 is 12.0. The maximum absolute atomic E-state index is 13.5. The van der Waals surface area contributed by atoms with Crippen LogP contribution in [-0.4, -0.2) is 99.0 Å². The number of aromatic nitrogens is 6. The summed E-state index contributed by atoms with van der Waals surface area (Å²) in [5.41, 5.74) is 4.58. The number of Topliss-reactive ketones (excluding diaryl/α,β-unsaturated/α-hetero) is 1. The summed E-state index contributed by atoms with van der Waals surface area (Å²) in [5, 5.41) is 15.3. The van der Waals surface area contributed by atoms with Crippen molar-refractivity contribution in [2.45, 2.75) is 59.4 Å². The number of aryl methyl sites for hydroxylation is 4. The van der Waals surface area contributed by atoms with Crippen LogP contribution in [0.4, 0.5) is 17.2 Å². The number of carboxylic acid groups (broad SMARTS) is 1. The van der Waals surface area contributed by atoms with E-state index >= 15 is 0 Å². The molecule has 2 aliphatic heterocycles. The lowest BCUT2D eigenvalue weighted by molar-refractivity contribution is -0.116. The Bertz CT molecular complexity index is 2960. The van der Waals surface area contributed by atoms with Crippen LogP contribution in [0.2, 0.25) is 0 Å². The molecule has 8 rings (SSSR count). The molecule has 5 aromatic heterocycles. The second kappa shape index (κ2) is 19.1. The van der Waals surface area contributed by atoms with Crippen molar-refractivity contribution in [2.75, 3.05) is 23.8 Å². The number of carboxylic acids is 1. The first-order chi connectivity index (χ1) is 31.4. The van der Waals surface area contributed by atoms with E-state index in [-0.39, 0.29) is 71.7 Å². The third kappa shape index (κ3) is 10.1. The Kier molecular flexibility index (Phi) is 13.3. The quantitative estimate of drug-likeness (QED) is 0.0628. The molecule has 0 bridgehead atoms. The number of carbonyl (C=O) groups excluding carboxylic acids is 5. The van der Waals surface area contributed by atoms with Gasteiger partial charge in [0, 0.05) is 89.2 Å². The van der Waals surface area contributed by atoms with Crippen molar-refractivity contribution in [1.82, 2.24) is 33.1 Å². The number of amides is 3. The molecular formula is C48H52N10O8. The minimum atomic E-state index is -1.13. The highest BCUT2D eigenvalue weighted by molar-refractivity contribution is 6.06. The molecule has 7 heterocycles. The van der Waals surface area contributed by atoms with Gasteiger partial charge >= 0.3 is 5.97 Å². The molecule has 0 unspecified atom stereocenters. The van der Waals surface area contributed by atoms with Gasteiger partial charge in [0.15, 0.2) is 11.6 Å². The molecular weight excluding hydrogens is 845 g/mol. The number of nitrogens with zero attached hydrogens (tertiary/aromatic N) is 8. The fourth-order valence-corrected chi connectivity index (χ4v) is 7.71. The van der Waals surface area contributed by atoms with E-state index < -0.39 is 17.8 Å². The summed E-state index contributed by atoms with van der Waals surface area (Å²) in [7, 11) is 4.98. The molecule has 3 N–H and O–H groups in total. The summed E-state index contributed by atoms with van der Waals surface area (Å²) >= 11 is 0. The van der Waals surface area contributed by atoms with E-state index in [0.29, 0.717) is 58.7 Å². The Balaban J connectivity index is 0.00000156. The first-order valence-electron chi connectivity index (χ1n) is 21.4. The first kappa shape index (κ1) is 46.1. The monoisotopic (exact) mass is 896 g/mol. The van der Waals surface area contributed by atoms with E-state index in [9.17, 15) is 33.9 Å². The Labute approximate surface area is 380 Å². The summed E-state index contributed by atoms with van der Waals surface area (Å²) in [6.45, 7) is 13.1. The van der Waals surface area contributed by atoms with Crippen molar-refractivity contribution < 1.29 is 38.6 Å². The number of pyridine rings is 1. The molecule has 342 valence electrons. The maximum Gasteiger partial charge on any atom is 0.337 e. The summed E-state index contributed by atoms with van der Waals surface area (Å²) in [6, 6.07) is 9.60. The first-order valence-corrected chi connectivity index (χ1v) is 21.4. The highest BCUT2D eigenvalue weighted by atomic mass is 16.5. The second-order valence-corrected chi connectivity index (χ2v) is 17.2. The Morgan fingerprint density at radius 3 is 2.44 bits per heavy atom. The van der Waals surface area contributed by atoms with Gasteiger partial charge in [0.05, 0.1) is 35.2 Å². The molecule has 1 saturated heterocycles. The number of aromatic carboxylic acids is 1. The van der Waals surface area contributed by atoms with Crippen molar-refractivity contribution in [3.63, 3.8) is 0 Å². The van der Waals surface area contributed by atoms with E-state index in [0.717, 1.165) is 17.1 Å². The molecule has 66 heavy (non-hydrogen) atoms. The summed E-state index contributed by atoms with van der Waals surface area (Å²) in [5.74, 6) is -0.983. The van der Waals surface area contributed by atoms with Gasteiger partial charge in [-0.3, -0.25) is 33.5 Å². The Hall–Kier alpha value is -7.89. The van der Waals surface area contributed by atoms with E-state index in [2.05, 4.69) is 52.9 Å². The van der Waals surface area contributed by atoms with E-state index in [4.69, 9.17) is 4.74 Å². The second-order valence-electron chi connectivity index (χ2n) is 17.2. The average molecular weight is 897 g/mol. The van der Waals surface area contributed by atoms with Gasteiger partial charge in [0.2, 0.25) is 11.7 Å². The molecule has 1 aromatic carbocycles. The van der Waals surface area contributed by atoms with Crippen LogP contribution >= 0.6 is 0 Å². The van der Waals surface area contributed by atoms with Crippen LogP contribution in [-0.2, 0) is 32.4 Å². The third-order valence-electron chi connectivity index (χ3n) is 10.8. The molecule has 1 fully saturated rings. The number of imidazole rings is 1. The van der Waals surface area contributed by atoms with Crippen molar-refractivity contribution in [2.24, 2.45) is 32.1 Å². The molecule has 18 heteroatoms. The molecule has 1 atom stereocenters. The molecule has 0 saturated carbocycles. The maximum atomic E-state index is 13.5. The minimum Gasteiger partial charge on any atom is -0.493 e. The number of benzene rings is 1. The number of rotatable bonds is 13. The number of hydrogen-bond acceptors (Lipinski definition) is 10. The molecule has 18 nitrogen and oxygen atoms in total. The van der Waals surface area contributed by atoms with Crippen molar-refractivity contribution in [1.29, 1.82) is 0 Å². The number of carbonyl (C=O) groups is 6. The van der Waals surface area contributed by atoms with Gasteiger partial charge in [-0.25, -0.2) is 14.8 Å². The van der Waals surface area contributed by atoms with Gasteiger partial charge in [-0.1, -0.05) is 32.9 Å². The number of nitrogens with one attached hydrogen (secondary N) is 2. The highest BCUT2D eigenvalue weighted by Crippen LogP contribution is 2.35. The number of ether oxygens (including phenoxy) is 1. The van der Waals surface area contributed by atoms with Crippen molar-refractivity contribution >= 4 is 69.8 Å². The lowest BCUT2D eigenvalue weighted by Gasteiger charge is -2.20. The molecule has 0 spiro atoms. The van der Waals surface area contributed by atoms with Crippen LogP contribution in [0, 0.1) is 12.8 Å². The lowest BCUT2D eigenvalue weighted by atomic mass is 10.1. The van der Waals surface area contributed by atoms with E-state index in [1.807, 2.05) is 6.92 Å². The fraction of sp³-hybridized carbons (Fsp3) is 0.312. The highest BCUT2D eigenvalue weighted by Gasteiger charge is 2.34. The summed E-state index contributed by atoms with van der Waals surface area (Å²) in [6.07, 6.45) is 10.4. The Morgan fingerprint density at radius 2 is 1.70 bits per heavy atom. The number of anilines is 2. The van der Waals surface area contributed by atoms with Crippen LogP contribution in [0.3, 0.4) is 0 Å². The van der Waals surface area contributed by atoms with Gasteiger partial charge in [0.1, 0.15) is 22.8 Å². The van der Waals surface area contributed by atoms with E-state index in [1.54, 1.807) is 84.2 Å². The Morgan fingerprint density at radius 1 is 0.955 bits per heavy atom. The van der Waals surface area contributed by atoms with Gasteiger partial charge < -0.3 is 39.1 Å². The van der Waals surface area contributed by atoms with Crippen molar-refractivity contribution in [3.8, 4) is 5.75 Å². The van der Waals surface area contributed by atoms with Crippen molar-refractivity contribution in [3.05, 3.63) is 119 Å². The zero-order valence-corrected chi connectivity index (χ0v) is 37.9. The zero-order valence-electron chi connectivity index (χ0n) is 37.9. The van der Waals surface area contributed by atoms with Gasteiger partial charge in [-0.15, -0.1) is 0 Å². The smallest absolute Gasteiger partial charge is 0.337 e. The van der Waals surface area contributed by atoms with Crippen LogP contribution in [0.1, 0.15) is 103 Å². The predicted octanol–water partition coefficient (Wildman–Crippen LogP) is 6.77. The third-order valence-corrected chi connectivity index (χ3v) is 10.8. The van der Waals surface area contributed by atoms with Crippen LogP contribution in [0.25, 0.3) is 11.0 Å². The number of ketones is 1. The molecule has 2 aliphatic rings. The fourth-order valence-electron chi connectivity index (χ4n) is 7.71. The van der Waals surface area contributed by atoms with Crippen LogP contribution < -0.4 is 15.4 Å². The van der Waals surface area contributed by atoms with E-state index in [1.165, 1.54) is 33.7 Å². The molecule has 6 aromatic rings. The SMILES string of the molecule is C=C1C[C@@H]2C=Nc3cc(OCCCC(=O)Nc4cn(C)c(C(=O)Cc5cc(C(=O)Nc6cc(C(=O)n7ccc8cc(C(=O)O)cnc87)n(C)c6)n(C)c5)n4)c(C)cc3C(=O)N2C1.CC(C)C. The standard InChI is InChI=1S/C44H42N10O8.C4H10/c1-24-11-30-19-45-32-17-36(25(2)12-31(32)42(58)54(30)20-24)62-10-6-7-38(56)48-37-23-52(5)40(49-37)35(55)14-26-13-33(50(3)21-26)41(57)47-29-16-34(51(4)22-29)43(59)53-9-8-27-15-28(44(60)61)18-46-39(27)53;1-4(2)3/h8-9,12-13,15-19,21-23,30H,1,6-7,10-11,14,20H2,2-5H3,(H,47,57)(H,48,56)(H,60,61);4H,1-3H3/t30-;/m1./s1. The molecule has 0 radical (unpaired) electrons. The average Bonchev–Trinajstić information content (AvgIpc) is 4.08. The number of aliphatic imine (C=N–C) groups is 1. The number of hydrogen-bond donors (Lipinski definition) is 3. The van der Waals surface area contributed by atoms with Crippen LogP contribution in [0.15, 0.2) is 84.5 Å². The van der Waals surface area contributed by atoms with Gasteiger partial charge in [-0.2, -0.15) is 0 Å². The summed E-state index contributed by atoms with van der Waals surface area (Å²) in [4.78, 5) is 92.5. The molecule has 3 amide bonds. The van der Waals surface area contributed by atoms with Gasteiger partial charge in [0.25, 0.3) is 17.7 Å². The zero-order chi connectivity index (χ0) is 47.6. The topological polar surface area (TPSA) is 217 Å². The number of fused-ring (bicyclic) bond motifs is 3. The lowest BCUT2D eigenvalue weighted by Crippen LogP contribution is -2.35. The van der Waals surface area contributed by atoms with Crippen LogP contribution in [0.5, 0.6) is 5.75 Å². The normalized spacial score (nSPS) is 14.1. The minimum absolute atomic E-state index is 0.000638. The largest absolute Gasteiger partial charge is 0.493 e. The predicted molar refractivity (Wildman–Crippen MR) is 248 cm³/mol.